The van der Waals surface area contributed by atoms with Gasteiger partial charge in [0.05, 0.1) is 12.7 Å². The zero-order chi connectivity index (χ0) is 20.6. The second-order valence-corrected chi connectivity index (χ2v) is 7.94. The van der Waals surface area contributed by atoms with E-state index < -0.39 is 52.6 Å². The van der Waals surface area contributed by atoms with Gasteiger partial charge in [0.25, 0.3) is 0 Å². The molecule has 0 N–H and O–H groups in total. The molecule has 2 nitrogen and oxygen atoms in total. The Morgan fingerprint density at radius 2 is 1.46 bits per heavy atom. The first-order valence-electron chi connectivity index (χ1n) is 8.05. The van der Waals surface area contributed by atoms with E-state index in [1.807, 2.05) is 0 Å². The molecular weight excluding hydrogens is 508 g/mol. The van der Waals surface area contributed by atoms with Crippen molar-refractivity contribution in [3.63, 3.8) is 0 Å². The Hall–Kier alpha value is -1.56. The van der Waals surface area contributed by atoms with Crippen LogP contribution in [0.25, 0.3) is 0 Å². The monoisotopic (exact) mass is 520 g/mol. The molecule has 28 heavy (non-hydrogen) atoms. The summed E-state index contributed by atoms with van der Waals surface area (Å²) in [5.41, 5.74) is -1.68. The molecule has 0 aliphatic carbocycles. The lowest BCUT2D eigenvalue weighted by molar-refractivity contribution is -0.189. The highest BCUT2D eigenvalue weighted by Gasteiger charge is 2.42. The van der Waals surface area contributed by atoms with Gasteiger partial charge >= 0.3 is 6.11 Å². The van der Waals surface area contributed by atoms with Crippen molar-refractivity contribution in [2.24, 2.45) is 0 Å². The molecule has 2 atom stereocenters. The SMILES string of the molecule is Fc1cc(OC(F)(F)c2c(F)cc(C3CCC(I)CO3)cc2F)cc(F)c1F. The van der Waals surface area contributed by atoms with E-state index in [1.165, 1.54) is 0 Å². The minimum Gasteiger partial charge on any atom is -0.429 e. The van der Waals surface area contributed by atoms with E-state index in [4.69, 9.17) is 4.74 Å². The van der Waals surface area contributed by atoms with Crippen LogP contribution < -0.4 is 4.74 Å². The summed E-state index contributed by atoms with van der Waals surface area (Å²) in [5.74, 6) is -9.81. The van der Waals surface area contributed by atoms with Crippen LogP contribution in [0.15, 0.2) is 24.3 Å². The van der Waals surface area contributed by atoms with Crippen LogP contribution in [0.5, 0.6) is 5.75 Å². The lowest BCUT2D eigenvalue weighted by Crippen LogP contribution is -2.26. The summed E-state index contributed by atoms with van der Waals surface area (Å²) in [6.07, 6.45) is -4.05. The van der Waals surface area contributed by atoms with Gasteiger partial charge in [0.1, 0.15) is 22.9 Å². The molecule has 1 aliphatic rings. The third kappa shape index (κ3) is 4.37. The fraction of sp³-hybridized carbons (Fsp3) is 0.333. The van der Waals surface area contributed by atoms with Gasteiger partial charge in [-0.05, 0) is 30.5 Å². The van der Waals surface area contributed by atoms with E-state index in [0.29, 0.717) is 25.2 Å². The molecule has 0 aromatic heterocycles. The molecule has 10 heteroatoms. The summed E-state index contributed by atoms with van der Waals surface area (Å²) >= 11 is 2.17. The molecule has 3 rings (SSSR count). The average molecular weight is 520 g/mol. The Labute approximate surface area is 168 Å². The summed E-state index contributed by atoms with van der Waals surface area (Å²) in [6.45, 7) is 0.358. The minimum atomic E-state index is -4.61. The molecule has 1 heterocycles. The number of hydrogen-bond donors (Lipinski definition) is 0. The summed E-state index contributed by atoms with van der Waals surface area (Å²) in [5, 5.41) is 0. The average Bonchev–Trinajstić information content (AvgIpc) is 2.59. The first-order chi connectivity index (χ1) is 13.1. The second kappa shape index (κ2) is 8.05. The van der Waals surface area contributed by atoms with Crippen LogP contribution in [0.1, 0.15) is 30.1 Å². The van der Waals surface area contributed by atoms with Crippen molar-refractivity contribution in [3.8, 4) is 5.75 Å². The maximum Gasteiger partial charge on any atom is 0.432 e. The van der Waals surface area contributed by atoms with Crippen molar-refractivity contribution in [3.05, 3.63) is 64.5 Å². The fourth-order valence-electron chi connectivity index (χ4n) is 2.83. The summed E-state index contributed by atoms with van der Waals surface area (Å²) in [7, 11) is 0. The normalized spacial score (nSPS) is 20.3. The van der Waals surface area contributed by atoms with Crippen molar-refractivity contribution in [2.45, 2.75) is 29.0 Å². The zero-order valence-electron chi connectivity index (χ0n) is 13.9. The second-order valence-electron chi connectivity index (χ2n) is 6.18. The van der Waals surface area contributed by atoms with Crippen LogP contribution in [0.4, 0.5) is 30.7 Å². The molecule has 1 fully saturated rings. The molecule has 1 aliphatic heterocycles. The lowest BCUT2D eigenvalue weighted by atomic mass is 9.99. The molecule has 0 bridgehead atoms. The Balaban J connectivity index is 1.89. The van der Waals surface area contributed by atoms with Gasteiger partial charge in [-0.2, -0.15) is 8.78 Å². The highest BCUT2D eigenvalue weighted by atomic mass is 127. The first kappa shape index (κ1) is 21.2. The maximum absolute atomic E-state index is 14.3. The largest absolute Gasteiger partial charge is 0.432 e. The Morgan fingerprint density at radius 3 is 1.96 bits per heavy atom. The van der Waals surface area contributed by atoms with Gasteiger partial charge in [-0.25, -0.2) is 22.0 Å². The predicted molar refractivity (Wildman–Crippen MR) is 92.9 cm³/mol. The van der Waals surface area contributed by atoms with E-state index in [2.05, 4.69) is 27.3 Å². The quantitative estimate of drug-likeness (QED) is 0.208. The minimum absolute atomic E-state index is 0.0525. The van der Waals surface area contributed by atoms with E-state index >= 15 is 0 Å². The van der Waals surface area contributed by atoms with Gasteiger partial charge < -0.3 is 9.47 Å². The van der Waals surface area contributed by atoms with Gasteiger partial charge in [-0.3, -0.25) is 0 Å². The van der Waals surface area contributed by atoms with Crippen LogP contribution in [-0.4, -0.2) is 10.5 Å². The molecular formula is C18H12F7IO2. The van der Waals surface area contributed by atoms with E-state index in [1.54, 1.807) is 0 Å². The highest BCUT2D eigenvalue weighted by molar-refractivity contribution is 14.1. The van der Waals surface area contributed by atoms with Gasteiger partial charge in [0.2, 0.25) is 0 Å². The van der Waals surface area contributed by atoms with Crippen LogP contribution in [-0.2, 0) is 10.8 Å². The summed E-state index contributed by atoms with van der Waals surface area (Å²) in [6, 6.07) is 1.71. The van der Waals surface area contributed by atoms with Crippen molar-refractivity contribution in [1.82, 2.24) is 0 Å². The van der Waals surface area contributed by atoms with Gasteiger partial charge in [0.15, 0.2) is 17.5 Å². The molecule has 2 unspecified atom stereocenters. The lowest BCUT2D eigenvalue weighted by Gasteiger charge is -2.27. The maximum atomic E-state index is 14.3. The molecule has 0 spiro atoms. The Morgan fingerprint density at radius 1 is 0.893 bits per heavy atom. The van der Waals surface area contributed by atoms with E-state index in [-0.39, 0.29) is 21.6 Å². The Kier molecular flexibility index (Phi) is 6.08. The third-order valence-corrected chi connectivity index (χ3v) is 5.13. The van der Waals surface area contributed by atoms with Crippen molar-refractivity contribution >= 4 is 22.6 Å². The van der Waals surface area contributed by atoms with Crippen molar-refractivity contribution < 1.29 is 40.2 Å². The van der Waals surface area contributed by atoms with Crippen LogP contribution >= 0.6 is 22.6 Å². The molecule has 0 amide bonds. The van der Waals surface area contributed by atoms with Crippen molar-refractivity contribution in [2.75, 3.05) is 6.61 Å². The number of benzene rings is 2. The topological polar surface area (TPSA) is 18.5 Å². The molecule has 2 aromatic carbocycles. The number of alkyl halides is 3. The highest BCUT2D eigenvalue weighted by Crippen LogP contribution is 2.38. The van der Waals surface area contributed by atoms with Gasteiger partial charge in [-0.1, -0.05) is 22.6 Å². The van der Waals surface area contributed by atoms with Gasteiger partial charge in [-0.15, -0.1) is 0 Å². The number of halogens is 8. The molecule has 0 saturated carbocycles. The molecule has 0 radical (unpaired) electrons. The van der Waals surface area contributed by atoms with Crippen LogP contribution in [0.3, 0.4) is 0 Å². The van der Waals surface area contributed by atoms with E-state index in [9.17, 15) is 30.7 Å². The first-order valence-corrected chi connectivity index (χ1v) is 9.29. The van der Waals surface area contributed by atoms with E-state index in [0.717, 1.165) is 6.42 Å². The predicted octanol–water partition coefficient (Wildman–Crippen LogP) is 6.17. The van der Waals surface area contributed by atoms with Gasteiger partial charge in [0, 0.05) is 16.1 Å². The van der Waals surface area contributed by atoms with Crippen molar-refractivity contribution in [1.29, 1.82) is 0 Å². The number of rotatable bonds is 4. The zero-order valence-corrected chi connectivity index (χ0v) is 16.1. The summed E-state index contributed by atoms with van der Waals surface area (Å²) in [4.78, 5) is 0. The fourth-order valence-corrected chi connectivity index (χ4v) is 3.40. The Bertz CT molecular complexity index is 836. The standard InChI is InChI=1S/C18H12F7IO2/c19-11-3-8(15-2-1-9(26)7-27-15)4-12(20)16(11)18(24,25)28-10-5-13(21)17(23)14(22)6-10/h3-6,9,15H,1-2,7H2. The van der Waals surface area contributed by atoms with Crippen LogP contribution in [0.2, 0.25) is 0 Å². The third-order valence-electron chi connectivity index (χ3n) is 4.15. The summed E-state index contributed by atoms with van der Waals surface area (Å²) < 4.78 is 106. The number of ether oxygens (including phenoxy) is 2. The molecule has 152 valence electrons. The van der Waals surface area contributed by atoms with Crippen LogP contribution in [0, 0.1) is 29.1 Å². The number of hydrogen-bond acceptors (Lipinski definition) is 2. The smallest absolute Gasteiger partial charge is 0.429 e. The molecule has 1 saturated heterocycles. The molecule has 2 aromatic rings.